The first-order valence-electron chi connectivity index (χ1n) is 6.83. The third-order valence-corrected chi connectivity index (χ3v) is 4.45. The summed E-state index contributed by atoms with van der Waals surface area (Å²) < 4.78 is 63.5. The molecule has 6 nitrogen and oxygen atoms in total. The summed E-state index contributed by atoms with van der Waals surface area (Å²) in [5.41, 5.74) is -4.76. The number of carbonyl (C=O) groups is 1. The molecular formula is C14H14F3NO5S. The van der Waals surface area contributed by atoms with Gasteiger partial charge in [-0.25, -0.2) is 4.79 Å². The molecule has 1 aromatic carbocycles. The van der Waals surface area contributed by atoms with Crippen LogP contribution in [0.2, 0.25) is 0 Å². The average molecular weight is 365 g/mol. The number of halogens is 3. The van der Waals surface area contributed by atoms with Crippen LogP contribution >= 0.6 is 0 Å². The quantitative estimate of drug-likeness (QED) is 0.655. The normalized spacial score (nSPS) is 18.9. The van der Waals surface area contributed by atoms with Gasteiger partial charge in [0.25, 0.3) is 0 Å². The second kappa shape index (κ2) is 6.71. The van der Waals surface area contributed by atoms with Gasteiger partial charge in [-0.15, -0.1) is 0 Å². The van der Waals surface area contributed by atoms with Crippen molar-refractivity contribution < 1.29 is 35.7 Å². The molecule has 1 N–H and O–H groups in total. The van der Waals surface area contributed by atoms with Gasteiger partial charge in [0.15, 0.2) is 0 Å². The first kappa shape index (κ1) is 18.1. The summed E-state index contributed by atoms with van der Waals surface area (Å²) in [5, 5.41) is 9.19. The van der Waals surface area contributed by atoms with Crippen molar-refractivity contribution in [3.8, 4) is 0 Å². The number of alkyl halides is 3. The van der Waals surface area contributed by atoms with Gasteiger partial charge in [0.2, 0.25) is 0 Å². The largest absolute Gasteiger partial charge is 0.534 e. The monoisotopic (exact) mass is 365 g/mol. The van der Waals surface area contributed by atoms with E-state index in [2.05, 4.69) is 4.18 Å². The smallest absolute Gasteiger partial charge is 0.465 e. The van der Waals surface area contributed by atoms with Gasteiger partial charge >= 0.3 is 21.7 Å². The fourth-order valence-corrected chi connectivity index (χ4v) is 2.85. The minimum atomic E-state index is -5.77. The second-order valence-corrected chi connectivity index (χ2v) is 6.67. The lowest BCUT2D eigenvalue weighted by molar-refractivity contribution is -0.0526. The van der Waals surface area contributed by atoms with Crippen molar-refractivity contribution in [1.29, 1.82) is 0 Å². The van der Waals surface area contributed by atoms with Gasteiger partial charge in [-0.2, -0.15) is 21.6 Å². The fourth-order valence-electron chi connectivity index (χ4n) is 2.33. The Kier molecular flexibility index (Phi) is 5.07. The van der Waals surface area contributed by atoms with Crippen LogP contribution in [-0.4, -0.2) is 42.6 Å². The number of hydrogen-bond donors (Lipinski definition) is 1. The maximum absolute atomic E-state index is 12.4. The SMILES string of the molecule is O=C(O)N1CC=C(OS(=O)(=O)C(F)(F)F)CC1Cc1ccccc1. The Bertz CT molecular complexity index is 731. The summed E-state index contributed by atoms with van der Waals surface area (Å²) in [5.74, 6) is -0.411. The van der Waals surface area contributed by atoms with Crippen molar-refractivity contribution in [2.45, 2.75) is 24.4 Å². The second-order valence-electron chi connectivity index (χ2n) is 5.14. The number of benzene rings is 1. The van der Waals surface area contributed by atoms with E-state index < -0.39 is 33.5 Å². The summed E-state index contributed by atoms with van der Waals surface area (Å²) in [6.07, 6.45) is -0.264. The van der Waals surface area contributed by atoms with E-state index in [0.29, 0.717) is 0 Å². The highest BCUT2D eigenvalue weighted by Gasteiger charge is 2.49. The molecular weight excluding hydrogens is 351 g/mol. The van der Waals surface area contributed by atoms with E-state index in [9.17, 15) is 31.5 Å². The van der Waals surface area contributed by atoms with E-state index in [1.165, 1.54) is 0 Å². The molecule has 10 heteroatoms. The molecule has 1 heterocycles. The van der Waals surface area contributed by atoms with Gasteiger partial charge in [-0.3, -0.25) is 0 Å². The van der Waals surface area contributed by atoms with Crippen molar-refractivity contribution in [1.82, 2.24) is 4.90 Å². The van der Waals surface area contributed by atoms with Gasteiger partial charge in [0, 0.05) is 19.0 Å². The molecule has 1 amide bonds. The first-order chi connectivity index (χ1) is 11.1. The van der Waals surface area contributed by atoms with E-state index >= 15 is 0 Å². The Morgan fingerprint density at radius 1 is 1.29 bits per heavy atom. The number of hydrogen-bond acceptors (Lipinski definition) is 4. The third kappa shape index (κ3) is 4.19. The highest BCUT2D eigenvalue weighted by atomic mass is 32.2. The zero-order valence-electron chi connectivity index (χ0n) is 12.2. The Labute approximate surface area is 136 Å². The Morgan fingerprint density at radius 2 is 1.92 bits per heavy atom. The number of carboxylic acid groups (broad SMARTS) is 1. The average Bonchev–Trinajstić information content (AvgIpc) is 2.46. The summed E-state index contributed by atoms with van der Waals surface area (Å²) >= 11 is 0. The highest BCUT2D eigenvalue weighted by molar-refractivity contribution is 7.87. The lowest BCUT2D eigenvalue weighted by Gasteiger charge is -2.32. The van der Waals surface area contributed by atoms with Crippen LogP contribution in [0.1, 0.15) is 12.0 Å². The molecule has 1 aromatic rings. The molecule has 1 unspecified atom stereocenters. The number of rotatable bonds is 4. The van der Waals surface area contributed by atoms with E-state index in [0.717, 1.165) is 16.5 Å². The third-order valence-electron chi connectivity index (χ3n) is 3.45. The molecule has 0 spiro atoms. The van der Waals surface area contributed by atoms with Crippen molar-refractivity contribution in [2.75, 3.05) is 6.54 Å². The fraction of sp³-hybridized carbons (Fsp3) is 0.357. The van der Waals surface area contributed by atoms with Crippen LogP contribution in [0.25, 0.3) is 0 Å². The van der Waals surface area contributed by atoms with Crippen LogP contribution in [0.15, 0.2) is 42.2 Å². The van der Waals surface area contributed by atoms with E-state index in [4.69, 9.17) is 0 Å². The zero-order chi connectivity index (χ0) is 18.0. The van der Waals surface area contributed by atoms with Gasteiger partial charge < -0.3 is 14.2 Å². The number of amides is 1. The van der Waals surface area contributed by atoms with Gasteiger partial charge in [-0.05, 0) is 18.1 Å². The highest BCUT2D eigenvalue weighted by Crippen LogP contribution is 2.30. The van der Waals surface area contributed by atoms with Crippen LogP contribution in [0, 0.1) is 0 Å². The van der Waals surface area contributed by atoms with Crippen molar-refractivity contribution in [3.63, 3.8) is 0 Å². The standard InChI is InChI=1S/C14H14F3NO5S/c15-14(16,17)24(21,22)23-12-6-7-18(13(19)20)11(9-12)8-10-4-2-1-3-5-10/h1-6,11H,7-9H2,(H,19,20). The molecule has 0 fully saturated rings. The summed E-state index contributed by atoms with van der Waals surface area (Å²) in [7, 11) is -5.77. The van der Waals surface area contributed by atoms with Gasteiger partial charge in [0.05, 0.1) is 0 Å². The maximum atomic E-state index is 12.4. The van der Waals surface area contributed by atoms with Crippen LogP contribution in [0.5, 0.6) is 0 Å². The van der Waals surface area contributed by atoms with Crippen LogP contribution < -0.4 is 0 Å². The summed E-state index contributed by atoms with van der Waals surface area (Å²) in [4.78, 5) is 12.3. The molecule has 0 radical (unpaired) electrons. The molecule has 0 saturated carbocycles. The van der Waals surface area contributed by atoms with Gasteiger partial charge in [-0.1, -0.05) is 30.3 Å². The molecule has 0 aliphatic carbocycles. The van der Waals surface area contributed by atoms with E-state index in [-0.39, 0.29) is 19.4 Å². The van der Waals surface area contributed by atoms with Gasteiger partial charge in [0.1, 0.15) is 5.76 Å². The lowest BCUT2D eigenvalue weighted by Crippen LogP contribution is -2.44. The maximum Gasteiger partial charge on any atom is 0.534 e. The molecule has 1 aliphatic heterocycles. The zero-order valence-corrected chi connectivity index (χ0v) is 13.0. The first-order valence-corrected chi connectivity index (χ1v) is 8.24. The Balaban J connectivity index is 2.18. The number of nitrogens with zero attached hydrogens (tertiary/aromatic N) is 1. The molecule has 2 rings (SSSR count). The van der Waals surface area contributed by atoms with Crippen LogP contribution in [0.3, 0.4) is 0 Å². The summed E-state index contributed by atoms with van der Waals surface area (Å²) in [6.45, 7) is -0.254. The van der Waals surface area contributed by atoms with Crippen LogP contribution in [-0.2, 0) is 20.7 Å². The molecule has 1 aliphatic rings. The minimum absolute atomic E-state index is 0.222. The van der Waals surface area contributed by atoms with Crippen molar-refractivity contribution in [3.05, 3.63) is 47.7 Å². The van der Waals surface area contributed by atoms with Crippen LogP contribution in [0.4, 0.5) is 18.0 Å². The minimum Gasteiger partial charge on any atom is -0.465 e. The Morgan fingerprint density at radius 3 is 2.46 bits per heavy atom. The Hall–Kier alpha value is -2.23. The van der Waals surface area contributed by atoms with Crippen molar-refractivity contribution >= 4 is 16.2 Å². The summed E-state index contributed by atoms with van der Waals surface area (Å²) in [6, 6.07) is 8.00. The molecule has 1 atom stereocenters. The predicted molar refractivity (Wildman–Crippen MR) is 77.4 cm³/mol. The topological polar surface area (TPSA) is 83.9 Å². The molecule has 24 heavy (non-hydrogen) atoms. The molecule has 0 saturated heterocycles. The molecule has 132 valence electrons. The molecule has 0 aromatic heterocycles. The molecule has 0 bridgehead atoms. The van der Waals surface area contributed by atoms with E-state index in [1.54, 1.807) is 30.3 Å². The predicted octanol–water partition coefficient (Wildman–Crippen LogP) is 2.73. The van der Waals surface area contributed by atoms with Crippen molar-refractivity contribution in [2.24, 2.45) is 0 Å². The van der Waals surface area contributed by atoms with E-state index in [1.807, 2.05) is 0 Å². The lowest BCUT2D eigenvalue weighted by atomic mass is 9.98.